The van der Waals surface area contributed by atoms with E-state index in [4.69, 9.17) is 9.84 Å². The fourth-order valence-corrected chi connectivity index (χ4v) is 14.7. The first-order valence-electron chi connectivity index (χ1n) is 30.1. The van der Waals surface area contributed by atoms with E-state index in [1.54, 1.807) is 11.1 Å². The molecule has 0 saturated heterocycles. The molecule has 6 aliphatic rings. The van der Waals surface area contributed by atoms with Crippen LogP contribution in [-0.4, -0.2) is 85.4 Å². The third kappa shape index (κ3) is 20.0. The predicted octanol–water partition coefficient (Wildman–Crippen LogP) is 16.5. The van der Waals surface area contributed by atoms with Gasteiger partial charge < -0.3 is 24.7 Å². The molecule has 7 nitrogen and oxygen atoms in total. The van der Waals surface area contributed by atoms with Gasteiger partial charge in [0.15, 0.2) is 0 Å². The van der Waals surface area contributed by atoms with E-state index >= 15 is 0 Å². The number of fused-ring (bicyclic) bond motifs is 2. The van der Waals surface area contributed by atoms with E-state index in [0.29, 0.717) is 17.3 Å². The lowest BCUT2D eigenvalue weighted by atomic mass is 9.60. The fraction of sp³-hybridized carbons (Fsp3) is 0.788. The lowest BCUT2D eigenvalue weighted by Crippen LogP contribution is -2.36. The van der Waals surface area contributed by atoms with Crippen LogP contribution in [0, 0.1) is 58.2 Å². The van der Waals surface area contributed by atoms with Gasteiger partial charge in [0, 0.05) is 19.3 Å². The summed E-state index contributed by atoms with van der Waals surface area (Å²) in [6.45, 7) is 30.1. The average molecular weight is 1010 g/mol. The van der Waals surface area contributed by atoms with Crippen LogP contribution in [0.4, 0.5) is 0 Å². The second kappa shape index (κ2) is 30.9. The molecular formula is C66H112N2O5. The molecule has 0 heterocycles. The number of carbonyl (C=O) groups is 2. The van der Waals surface area contributed by atoms with Crippen molar-refractivity contribution in [3.63, 3.8) is 0 Å². The summed E-state index contributed by atoms with van der Waals surface area (Å²) in [5.41, 5.74) is 9.38. The summed E-state index contributed by atoms with van der Waals surface area (Å²) in [6.07, 6.45) is 38.9. The molecule has 0 aliphatic heterocycles. The number of carboxylic acids is 1. The molecule has 0 aromatic heterocycles. The molecule has 0 bridgehead atoms. The maximum absolute atomic E-state index is 12.3. The van der Waals surface area contributed by atoms with E-state index < -0.39 is 5.97 Å². The number of aliphatic carboxylic acids is 1. The number of hydrogen-bond donors (Lipinski definition) is 2. The Labute approximate surface area is 449 Å². The molecule has 0 amide bonds. The van der Waals surface area contributed by atoms with Crippen LogP contribution >= 0.6 is 0 Å². The van der Waals surface area contributed by atoms with Crippen LogP contribution in [0.15, 0.2) is 70.9 Å². The molecular weight excluding hydrogens is 901 g/mol. The van der Waals surface area contributed by atoms with Gasteiger partial charge in [-0.05, 0) is 220 Å². The highest BCUT2D eigenvalue weighted by molar-refractivity contribution is 5.69. The quantitative estimate of drug-likeness (QED) is 0.111. The second-order valence-corrected chi connectivity index (χ2v) is 26.3. The lowest BCUT2D eigenvalue weighted by Gasteiger charge is -2.44. The molecule has 6 aliphatic carbocycles. The van der Waals surface area contributed by atoms with Crippen molar-refractivity contribution in [3.05, 3.63) is 70.9 Å². The summed E-state index contributed by atoms with van der Waals surface area (Å²) in [7, 11) is 7.95. The van der Waals surface area contributed by atoms with Crippen molar-refractivity contribution >= 4 is 11.9 Å². The van der Waals surface area contributed by atoms with E-state index in [0.717, 1.165) is 112 Å². The molecule has 6 rings (SSSR count). The Morgan fingerprint density at radius 2 is 1.07 bits per heavy atom. The van der Waals surface area contributed by atoms with Gasteiger partial charge in [0.25, 0.3) is 0 Å². The van der Waals surface area contributed by atoms with E-state index in [9.17, 15) is 14.7 Å². The minimum atomic E-state index is -0.711. The van der Waals surface area contributed by atoms with Gasteiger partial charge in [-0.25, -0.2) is 0 Å². The lowest BCUT2D eigenvalue weighted by molar-refractivity contribution is -0.149. The molecule has 2 N–H and O–H groups in total. The van der Waals surface area contributed by atoms with Crippen molar-refractivity contribution in [3.8, 4) is 0 Å². The van der Waals surface area contributed by atoms with Crippen molar-refractivity contribution < 1.29 is 24.5 Å². The number of ether oxygens (including phenoxy) is 1. The number of esters is 1. The van der Waals surface area contributed by atoms with E-state index in [-0.39, 0.29) is 24.6 Å². The third-order valence-electron chi connectivity index (χ3n) is 19.0. The molecule has 7 heteroatoms. The minimum absolute atomic E-state index is 0.00572. The number of carbonyl (C=O) groups excluding carboxylic acids is 1. The van der Waals surface area contributed by atoms with Crippen LogP contribution in [0.3, 0.4) is 0 Å². The number of allylic oxidation sites excluding steroid dienone is 8. The molecule has 6 fully saturated rings. The van der Waals surface area contributed by atoms with Crippen molar-refractivity contribution in [1.82, 2.24) is 9.80 Å². The smallest absolute Gasteiger partial charge is 0.306 e. The SMILES string of the molecule is C=C1CC[C@H](O)C/C1=C\C=C1/CCC[C@@]2(C)C1CC[C@@H]2[C@H](C)CCCC(C)C.C=C1CC[C@H](OC(=O)CCCN(C)C)C/C1=C\C=C1/CCC[C@@]2(C)C1CC[C@@H]2[C@H](C)CCCC(C)C.CN(C)CCCC(=O)O. The number of aliphatic hydroxyl groups excluding tert-OH is 1. The average Bonchev–Trinajstić information content (AvgIpc) is 3.86. The Morgan fingerprint density at radius 3 is 1.52 bits per heavy atom. The highest BCUT2D eigenvalue weighted by Gasteiger charge is 2.51. The van der Waals surface area contributed by atoms with Crippen LogP contribution in [0.2, 0.25) is 0 Å². The zero-order valence-electron chi connectivity index (χ0n) is 49.3. The number of hydrogen-bond acceptors (Lipinski definition) is 6. The topological polar surface area (TPSA) is 90.3 Å². The Balaban J connectivity index is 0.000000276. The first-order chi connectivity index (χ1) is 34.5. The summed E-state index contributed by atoms with van der Waals surface area (Å²) < 4.78 is 5.86. The summed E-state index contributed by atoms with van der Waals surface area (Å²) >= 11 is 0. The molecule has 0 aromatic rings. The predicted molar refractivity (Wildman–Crippen MR) is 309 cm³/mol. The fourth-order valence-electron chi connectivity index (χ4n) is 14.7. The summed E-state index contributed by atoms with van der Waals surface area (Å²) in [6, 6.07) is 0. The summed E-state index contributed by atoms with van der Waals surface area (Å²) in [4.78, 5) is 26.4. The normalized spacial score (nSPS) is 31.4. The molecule has 10 atom stereocenters. The molecule has 2 unspecified atom stereocenters. The standard InChI is InChI=1S/C33H55NO2.C27H44O.C6H13NO2/c1-24(2)11-8-12-26(4)30-19-20-31-27(13-9-21-33(30,31)5)16-17-28-23-29(18-15-25(28)3)36-32(35)14-10-22-34(6)7;1-19(2)8-6-9-21(4)25-15-16-26-22(10-7-17-27(25,26)5)12-13-23-18-24(28)14-11-20(23)3;1-7(2)5-3-4-6(8)9/h16-17,24,26,29-31H,3,8-15,18-23H2,1-2,4-7H3;12-13,19,21,24-26,28H,3,6-11,14-18H2,1-2,4-5H3;3-5H2,1-2H3,(H,8,9)/b27-16+,28-17+;22-12+,23-13+;/t26-,29+,30-,31?,33-;21-,24+,25-,26?,27-;/m11./s1. The van der Waals surface area contributed by atoms with Gasteiger partial charge in [0.1, 0.15) is 6.10 Å². The van der Waals surface area contributed by atoms with Crippen molar-refractivity contribution in [2.24, 2.45) is 58.2 Å². The maximum atomic E-state index is 12.3. The Morgan fingerprint density at radius 1 is 0.616 bits per heavy atom. The van der Waals surface area contributed by atoms with Gasteiger partial charge in [-0.1, -0.05) is 154 Å². The van der Waals surface area contributed by atoms with Crippen molar-refractivity contribution in [2.75, 3.05) is 41.3 Å². The highest BCUT2D eigenvalue weighted by atomic mass is 16.5. The number of nitrogens with zero attached hydrogens (tertiary/aromatic N) is 2. The third-order valence-corrected chi connectivity index (χ3v) is 19.0. The first-order valence-corrected chi connectivity index (χ1v) is 30.1. The van der Waals surface area contributed by atoms with E-state index in [1.807, 2.05) is 33.1 Å². The van der Waals surface area contributed by atoms with Gasteiger partial charge >= 0.3 is 11.9 Å². The largest absolute Gasteiger partial charge is 0.481 e. The Hall–Kier alpha value is -2.74. The Kier molecular flexibility index (Phi) is 26.5. The minimum Gasteiger partial charge on any atom is -0.481 e. The van der Waals surface area contributed by atoms with Crippen LogP contribution in [0.1, 0.15) is 222 Å². The number of carboxylic acid groups (broad SMARTS) is 1. The van der Waals surface area contributed by atoms with E-state index in [1.165, 1.54) is 125 Å². The van der Waals surface area contributed by atoms with Gasteiger partial charge in [0.05, 0.1) is 6.10 Å². The summed E-state index contributed by atoms with van der Waals surface area (Å²) in [5, 5.41) is 18.2. The molecule has 0 radical (unpaired) electrons. The number of aliphatic hydroxyl groups is 1. The monoisotopic (exact) mass is 1010 g/mol. The molecule has 6 saturated carbocycles. The molecule has 0 aromatic carbocycles. The van der Waals surface area contributed by atoms with Crippen molar-refractivity contribution in [2.45, 2.75) is 235 Å². The zero-order valence-corrected chi connectivity index (χ0v) is 49.3. The van der Waals surface area contributed by atoms with Gasteiger partial charge in [-0.15, -0.1) is 0 Å². The molecule has 73 heavy (non-hydrogen) atoms. The highest BCUT2D eigenvalue weighted by Crippen LogP contribution is 2.61. The van der Waals surface area contributed by atoms with Crippen LogP contribution in [-0.2, 0) is 14.3 Å². The van der Waals surface area contributed by atoms with Crippen LogP contribution < -0.4 is 0 Å². The molecule has 416 valence electrons. The van der Waals surface area contributed by atoms with Gasteiger partial charge in [-0.3, -0.25) is 9.59 Å². The summed E-state index contributed by atoms with van der Waals surface area (Å²) in [5.74, 6) is 5.88. The first kappa shape index (κ1) is 62.8. The molecule has 0 spiro atoms. The zero-order chi connectivity index (χ0) is 53.9. The maximum Gasteiger partial charge on any atom is 0.306 e. The number of rotatable bonds is 21. The van der Waals surface area contributed by atoms with Crippen LogP contribution in [0.5, 0.6) is 0 Å². The van der Waals surface area contributed by atoms with E-state index in [2.05, 4.69) is 97.8 Å². The van der Waals surface area contributed by atoms with Gasteiger partial charge in [-0.2, -0.15) is 0 Å². The van der Waals surface area contributed by atoms with Gasteiger partial charge in [0.2, 0.25) is 0 Å². The van der Waals surface area contributed by atoms with Crippen molar-refractivity contribution in [1.29, 1.82) is 0 Å². The second-order valence-electron chi connectivity index (χ2n) is 26.3. The van der Waals surface area contributed by atoms with Crippen LogP contribution in [0.25, 0.3) is 0 Å². The Bertz CT molecular complexity index is 1870.